The minimum absolute atomic E-state index is 0.101. The first-order valence-corrected chi connectivity index (χ1v) is 3.86. The van der Waals surface area contributed by atoms with Crippen LogP contribution in [0.15, 0.2) is 36.4 Å². The van der Waals surface area contributed by atoms with Gasteiger partial charge < -0.3 is 0 Å². The van der Waals surface area contributed by atoms with Crippen molar-refractivity contribution in [2.45, 2.75) is 12.3 Å². The Hall–Kier alpha value is -1.55. The van der Waals surface area contributed by atoms with Gasteiger partial charge in [0.1, 0.15) is 0 Å². The van der Waals surface area contributed by atoms with Crippen LogP contribution in [0.4, 0.5) is 0 Å². The number of rotatable bonds is 3. The molecule has 0 N–H and O–H groups in total. The monoisotopic (exact) mass is 156 g/mol. The largest absolute Gasteiger partial charge is 0.198 e. The third-order valence-corrected chi connectivity index (χ3v) is 1.73. The van der Waals surface area contributed by atoms with Crippen molar-refractivity contribution in [2.75, 3.05) is 0 Å². The van der Waals surface area contributed by atoms with E-state index in [4.69, 9.17) is 11.8 Å². The van der Waals surface area contributed by atoms with Crippen LogP contribution in [0.5, 0.6) is 0 Å². The molecule has 1 atom stereocenters. The Bertz CT molecular complexity index is 282. The third-order valence-electron chi connectivity index (χ3n) is 1.73. The highest BCUT2D eigenvalue weighted by Gasteiger charge is 2.06. The van der Waals surface area contributed by atoms with Crippen LogP contribution in [0.25, 0.3) is 0 Å². The Morgan fingerprint density at radius 3 is 2.58 bits per heavy atom. The molecule has 0 aliphatic heterocycles. The normalized spacial score (nSPS) is 11.6. The summed E-state index contributed by atoms with van der Waals surface area (Å²) < 4.78 is 0. The first-order valence-electron chi connectivity index (χ1n) is 3.86. The van der Waals surface area contributed by atoms with Gasteiger partial charge in [-0.05, 0) is 12.0 Å². The SMILES string of the molecule is [CH]=CCC(C#N)c1ccccc1. The molecule has 0 heterocycles. The summed E-state index contributed by atoms with van der Waals surface area (Å²) in [5.74, 6) is -0.101. The zero-order valence-electron chi connectivity index (χ0n) is 6.77. The van der Waals surface area contributed by atoms with E-state index in [1.807, 2.05) is 30.3 Å². The molecular weight excluding hydrogens is 146 g/mol. The summed E-state index contributed by atoms with van der Waals surface area (Å²) in [6.45, 7) is 5.27. The van der Waals surface area contributed by atoms with Gasteiger partial charge in [-0.25, -0.2) is 0 Å². The fraction of sp³-hybridized carbons (Fsp3) is 0.182. The van der Waals surface area contributed by atoms with Gasteiger partial charge in [-0.2, -0.15) is 5.26 Å². The summed E-state index contributed by atoms with van der Waals surface area (Å²) in [5, 5.41) is 8.79. The maximum absolute atomic E-state index is 8.79. The zero-order valence-corrected chi connectivity index (χ0v) is 6.77. The summed E-state index contributed by atoms with van der Waals surface area (Å²) >= 11 is 0. The number of hydrogen-bond donors (Lipinski definition) is 0. The molecule has 1 unspecified atom stereocenters. The Labute approximate surface area is 73.0 Å². The lowest BCUT2D eigenvalue weighted by molar-refractivity contribution is 0.878. The van der Waals surface area contributed by atoms with Gasteiger partial charge in [0.05, 0.1) is 12.0 Å². The maximum Gasteiger partial charge on any atom is 0.0747 e. The second-order valence-corrected chi connectivity index (χ2v) is 2.56. The van der Waals surface area contributed by atoms with Crippen LogP contribution in [0, 0.1) is 17.9 Å². The fourth-order valence-corrected chi connectivity index (χ4v) is 1.08. The van der Waals surface area contributed by atoms with Crippen molar-refractivity contribution in [1.29, 1.82) is 5.26 Å². The molecule has 0 aromatic heterocycles. The van der Waals surface area contributed by atoms with E-state index in [9.17, 15) is 0 Å². The molecule has 1 nitrogen and oxygen atoms in total. The molecular formula is C11H10N. The van der Waals surface area contributed by atoms with Gasteiger partial charge in [-0.15, -0.1) is 0 Å². The Kier molecular flexibility index (Phi) is 3.10. The molecule has 59 valence electrons. The van der Waals surface area contributed by atoms with Crippen molar-refractivity contribution in [3.63, 3.8) is 0 Å². The number of nitrogens with zero attached hydrogens (tertiary/aromatic N) is 1. The van der Waals surface area contributed by atoms with Gasteiger partial charge in [0.2, 0.25) is 0 Å². The standard InChI is InChI=1S/C11H10N/c1-2-6-11(9-12)10-7-4-3-5-8-10/h1-5,7-8,11H,6H2. The quantitative estimate of drug-likeness (QED) is 0.660. The van der Waals surface area contributed by atoms with Gasteiger partial charge in [-0.3, -0.25) is 0 Å². The summed E-state index contributed by atoms with van der Waals surface area (Å²) in [6.07, 6.45) is 2.14. The van der Waals surface area contributed by atoms with Crippen LogP contribution in [0.1, 0.15) is 17.9 Å². The van der Waals surface area contributed by atoms with Gasteiger partial charge in [0.25, 0.3) is 0 Å². The molecule has 0 aliphatic carbocycles. The van der Waals surface area contributed by atoms with Crippen molar-refractivity contribution >= 4 is 0 Å². The average Bonchev–Trinajstić information content (AvgIpc) is 2.15. The smallest absolute Gasteiger partial charge is 0.0747 e. The van der Waals surface area contributed by atoms with Crippen LogP contribution in [0.3, 0.4) is 0 Å². The predicted molar refractivity (Wildman–Crippen MR) is 48.3 cm³/mol. The molecule has 1 heteroatoms. The van der Waals surface area contributed by atoms with Crippen molar-refractivity contribution in [2.24, 2.45) is 0 Å². The minimum Gasteiger partial charge on any atom is -0.198 e. The zero-order chi connectivity index (χ0) is 8.81. The maximum atomic E-state index is 8.79. The van der Waals surface area contributed by atoms with Gasteiger partial charge in [0, 0.05) is 0 Å². The number of nitriles is 1. The van der Waals surface area contributed by atoms with Gasteiger partial charge >= 0.3 is 0 Å². The van der Waals surface area contributed by atoms with E-state index in [0.29, 0.717) is 6.42 Å². The van der Waals surface area contributed by atoms with Crippen LogP contribution in [-0.4, -0.2) is 0 Å². The van der Waals surface area contributed by atoms with E-state index in [0.717, 1.165) is 5.56 Å². The molecule has 0 aliphatic rings. The molecule has 1 aromatic carbocycles. The fourth-order valence-electron chi connectivity index (χ4n) is 1.08. The number of allylic oxidation sites excluding steroid dienone is 1. The van der Waals surface area contributed by atoms with E-state index in [-0.39, 0.29) is 5.92 Å². The van der Waals surface area contributed by atoms with E-state index in [1.165, 1.54) is 6.08 Å². The molecule has 1 aromatic rings. The predicted octanol–water partition coefficient (Wildman–Crippen LogP) is 2.67. The molecule has 1 rings (SSSR count). The topological polar surface area (TPSA) is 23.8 Å². The first kappa shape index (κ1) is 8.55. The van der Waals surface area contributed by atoms with Crippen molar-refractivity contribution in [3.8, 4) is 6.07 Å². The molecule has 1 radical (unpaired) electrons. The van der Waals surface area contributed by atoms with E-state index in [2.05, 4.69) is 6.07 Å². The number of hydrogen-bond acceptors (Lipinski definition) is 1. The average molecular weight is 156 g/mol. The lowest BCUT2D eigenvalue weighted by Crippen LogP contribution is -1.92. The van der Waals surface area contributed by atoms with Crippen molar-refractivity contribution < 1.29 is 0 Å². The van der Waals surface area contributed by atoms with Crippen molar-refractivity contribution in [1.82, 2.24) is 0 Å². The van der Waals surface area contributed by atoms with Crippen LogP contribution in [0.2, 0.25) is 0 Å². The molecule has 0 spiro atoms. The molecule has 0 amide bonds. The van der Waals surface area contributed by atoms with Gasteiger partial charge in [0.15, 0.2) is 0 Å². The van der Waals surface area contributed by atoms with E-state index < -0.39 is 0 Å². The second-order valence-electron chi connectivity index (χ2n) is 2.56. The highest BCUT2D eigenvalue weighted by molar-refractivity contribution is 5.25. The van der Waals surface area contributed by atoms with E-state index >= 15 is 0 Å². The molecule has 0 saturated carbocycles. The molecule has 0 bridgehead atoms. The highest BCUT2D eigenvalue weighted by Crippen LogP contribution is 2.17. The molecule has 0 fully saturated rings. The van der Waals surface area contributed by atoms with Gasteiger partial charge in [-0.1, -0.05) is 43.0 Å². The minimum atomic E-state index is -0.101. The first-order chi connectivity index (χ1) is 5.88. The van der Waals surface area contributed by atoms with E-state index in [1.54, 1.807) is 0 Å². The summed E-state index contributed by atoms with van der Waals surface area (Å²) in [7, 11) is 0. The van der Waals surface area contributed by atoms with Crippen LogP contribution >= 0.6 is 0 Å². The van der Waals surface area contributed by atoms with Crippen LogP contribution in [-0.2, 0) is 0 Å². The Morgan fingerprint density at radius 1 is 1.42 bits per heavy atom. The lowest BCUT2D eigenvalue weighted by Gasteiger charge is -2.04. The molecule has 12 heavy (non-hydrogen) atoms. The highest BCUT2D eigenvalue weighted by atomic mass is 14.3. The number of benzene rings is 1. The lowest BCUT2D eigenvalue weighted by atomic mass is 9.98. The Morgan fingerprint density at radius 2 is 2.08 bits per heavy atom. The van der Waals surface area contributed by atoms with Crippen molar-refractivity contribution in [3.05, 3.63) is 48.6 Å². The summed E-state index contributed by atoms with van der Waals surface area (Å²) in [6, 6.07) is 11.9. The Balaban J connectivity index is 2.82. The third kappa shape index (κ3) is 1.96. The summed E-state index contributed by atoms with van der Waals surface area (Å²) in [5.41, 5.74) is 1.03. The molecule has 0 saturated heterocycles. The van der Waals surface area contributed by atoms with Crippen LogP contribution < -0.4 is 0 Å². The summed E-state index contributed by atoms with van der Waals surface area (Å²) in [4.78, 5) is 0. The second kappa shape index (κ2) is 4.35.